The Balaban J connectivity index is 2.33. The van der Waals surface area contributed by atoms with Crippen molar-refractivity contribution in [1.29, 1.82) is 0 Å². The summed E-state index contributed by atoms with van der Waals surface area (Å²) in [4.78, 5) is 2.41. The normalized spacial score (nSPS) is 25.8. The van der Waals surface area contributed by atoms with Gasteiger partial charge in [-0.25, -0.2) is 0 Å². The Morgan fingerprint density at radius 3 is 3.09 bits per heavy atom. The van der Waals surface area contributed by atoms with Gasteiger partial charge in [0.15, 0.2) is 0 Å². The van der Waals surface area contributed by atoms with Crippen LogP contribution in [0.1, 0.15) is 13.8 Å². The highest BCUT2D eigenvalue weighted by Crippen LogP contribution is 1.99. The van der Waals surface area contributed by atoms with Gasteiger partial charge < -0.3 is 5.32 Å². The summed E-state index contributed by atoms with van der Waals surface area (Å²) in [7, 11) is 0. The summed E-state index contributed by atoms with van der Waals surface area (Å²) >= 11 is 0. The minimum atomic E-state index is 0.643. The van der Waals surface area contributed by atoms with Crippen molar-refractivity contribution in [2.45, 2.75) is 19.9 Å². The Labute approximate surface area is 69.0 Å². The highest BCUT2D eigenvalue weighted by molar-refractivity contribution is 4.99. The van der Waals surface area contributed by atoms with E-state index in [0.717, 1.165) is 26.2 Å². The van der Waals surface area contributed by atoms with Gasteiger partial charge >= 0.3 is 0 Å². The molecule has 0 aromatic rings. The molecule has 1 aliphatic heterocycles. The average Bonchev–Trinajstić information content (AvgIpc) is 2.03. The molecule has 62 valence electrons. The van der Waals surface area contributed by atoms with Gasteiger partial charge in [-0.05, 0) is 13.8 Å². The summed E-state index contributed by atoms with van der Waals surface area (Å²) in [5.41, 5.74) is 0. The Morgan fingerprint density at radius 2 is 2.45 bits per heavy atom. The van der Waals surface area contributed by atoms with E-state index < -0.39 is 0 Å². The standard InChI is InChI=1S/C9H16N2/c1-3-4-6-11-7-5-10-8-9(11)2/h9-10H,5-8H2,1-2H3. The number of nitrogens with one attached hydrogen (secondary N) is 1. The lowest BCUT2D eigenvalue weighted by Crippen LogP contribution is -2.49. The number of hydrogen-bond donors (Lipinski definition) is 1. The van der Waals surface area contributed by atoms with E-state index in [-0.39, 0.29) is 0 Å². The van der Waals surface area contributed by atoms with Crippen LogP contribution in [0.2, 0.25) is 0 Å². The molecule has 1 heterocycles. The summed E-state index contributed by atoms with van der Waals surface area (Å²) in [6.45, 7) is 8.41. The first kappa shape index (κ1) is 8.58. The third-order valence-corrected chi connectivity index (χ3v) is 2.10. The van der Waals surface area contributed by atoms with Gasteiger partial charge in [0.2, 0.25) is 0 Å². The van der Waals surface area contributed by atoms with Crippen LogP contribution < -0.4 is 5.32 Å². The lowest BCUT2D eigenvalue weighted by Gasteiger charge is -2.32. The number of rotatable bonds is 1. The summed E-state index contributed by atoms with van der Waals surface area (Å²) in [6, 6.07) is 0.643. The van der Waals surface area contributed by atoms with Crippen LogP contribution in [0.3, 0.4) is 0 Å². The molecule has 2 nitrogen and oxygen atoms in total. The highest BCUT2D eigenvalue weighted by atomic mass is 15.2. The molecule has 1 atom stereocenters. The van der Waals surface area contributed by atoms with E-state index in [1.165, 1.54) is 0 Å². The second-order valence-corrected chi connectivity index (χ2v) is 2.95. The molecular formula is C9H16N2. The molecular weight excluding hydrogens is 136 g/mol. The van der Waals surface area contributed by atoms with Crippen molar-refractivity contribution in [2.24, 2.45) is 0 Å². The van der Waals surface area contributed by atoms with E-state index >= 15 is 0 Å². The van der Waals surface area contributed by atoms with Gasteiger partial charge in [-0.2, -0.15) is 0 Å². The summed E-state index contributed by atoms with van der Waals surface area (Å²) in [5, 5.41) is 3.35. The average molecular weight is 152 g/mol. The predicted molar refractivity (Wildman–Crippen MR) is 47.4 cm³/mol. The van der Waals surface area contributed by atoms with E-state index in [1.54, 1.807) is 0 Å². The zero-order chi connectivity index (χ0) is 8.10. The van der Waals surface area contributed by atoms with Gasteiger partial charge in [0.05, 0.1) is 6.54 Å². The van der Waals surface area contributed by atoms with Crippen LogP contribution in [-0.2, 0) is 0 Å². The van der Waals surface area contributed by atoms with Gasteiger partial charge in [-0.1, -0.05) is 5.92 Å². The number of piperazine rings is 1. The predicted octanol–water partition coefficient (Wildman–Crippen LogP) is 0.303. The van der Waals surface area contributed by atoms with E-state index in [0.29, 0.717) is 6.04 Å². The van der Waals surface area contributed by atoms with Crippen LogP contribution in [0.4, 0.5) is 0 Å². The second-order valence-electron chi connectivity index (χ2n) is 2.95. The first-order chi connectivity index (χ1) is 5.34. The summed E-state index contributed by atoms with van der Waals surface area (Å²) in [5.74, 6) is 6.02. The molecule has 1 aliphatic rings. The summed E-state index contributed by atoms with van der Waals surface area (Å²) < 4.78 is 0. The van der Waals surface area contributed by atoms with Crippen molar-refractivity contribution >= 4 is 0 Å². The van der Waals surface area contributed by atoms with E-state index in [9.17, 15) is 0 Å². The maximum atomic E-state index is 3.35. The molecule has 2 heteroatoms. The topological polar surface area (TPSA) is 15.3 Å². The van der Waals surface area contributed by atoms with Gasteiger partial charge in [0.25, 0.3) is 0 Å². The first-order valence-electron chi connectivity index (χ1n) is 4.19. The van der Waals surface area contributed by atoms with E-state index in [4.69, 9.17) is 0 Å². The van der Waals surface area contributed by atoms with Crippen LogP contribution in [0, 0.1) is 11.8 Å². The molecule has 11 heavy (non-hydrogen) atoms. The SMILES string of the molecule is CC#CCN1CCNCC1C. The molecule has 0 amide bonds. The molecule has 1 saturated heterocycles. The summed E-state index contributed by atoms with van der Waals surface area (Å²) in [6.07, 6.45) is 0. The van der Waals surface area contributed by atoms with E-state index in [1.807, 2.05) is 6.92 Å². The van der Waals surface area contributed by atoms with Crippen molar-refractivity contribution in [1.82, 2.24) is 10.2 Å². The highest BCUT2D eigenvalue weighted by Gasteiger charge is 2.15. The Kier molecular flexibility index (Phi) is 3.41. The molecule has 0 bridgehead atoms. The minimum absolute atomic E-state index is 0.643. The van der Waals surface area contributed by atoms with Crippen molar-refractivity contribution in [3.63, 3.8) is 0 Å². The lowest BCUT2D eigenvalue weighted by molar-refractivity contribution is 0.196. The van der Waals surface area contributed by atoms with Crippen molar-refractivity contribution in [3.8, 4) is 11.8 Å². The maximum absolute atomic E-state index is 3.35. The van der Waals surface area contributed by atoms with Crippen LogP contribution in [0.25, 0.3) is 0 Å². The fourth-order valence-electron chi connectivity index (χ4n) is 1.30. The molecule has 1 N–H and O–H groups in total. The smallest absolute Gasteiger partial charge is 0.0604 e. The van der Waals surface area contributed by atoms with Crippen LogP contribution in [0.15, 0.2) is 0 Å². The van der Waals surface area contributed by atoms with Gasteiger partial charge in [-0.15, -0.1) is 5.92 Å². The van der Waals surface area contributed by atoms with Gasteiger partial charge in [0, 0.05) is 25.7 Å². The molecule has 0 spiro atoms. The molecule has 0 aliphatic carbocycles. The van der Waals surface area contributed by atoms with Crippen LogP contribution in [-0.4, -0.2) is 37.1 Å². The monoisotopic (exact) mass is 152 g/mol. The third-order valence-electron chi connectivity index (χ3n) is 2.10. The molecule has 1 rings (SSSR count). The quantitative estimate of drug-likeness (QED) is 0.544. The molecule has 1 fully saturated rings. The van der Waals surface area contributed by atoms with Crippen LogP contribution >= 0.6 is 0 Å². The van der Waals surface area contributed by atoms with Crippen LogP contribution in [0.5, 0.6) is 0 Å². The Bertz CT molecular complexity index is 166. The third kappa shape index (κ3) is 2.53. The zero-order valence-corrected chi connectivity index (χ0v) is 7.35. The largest absolute Gasteiger partial charge is 0.314 e. The lowest BCUT2D eigenvalue weighted by atomic mass is 10.2. The number of hydrogen-bond acceptors (Lipinski definition) is 2. The Hall–Kier alpha value is -0.520. The fraction of sp³-hybridized carbons (Fsp3) is 0.778. The molecule has 0 radical (unpaired) electrons. The Morgan fingerprint density at radius 1 is 1.64 bits per heavy atom. The second kappa shape index (κ2) is 4.38. The van der Waals surface area contributed by atoms with Gasteiger partial charge in [0.1, 0.15) is 0 Å². The van der Waals surface area contributed by atoms with Crippen molar-refractivity contribution in [2.75, 3.05) is 26.2 Å². The van der Waals surface area contributed by atoms with Gasteiger partial charge in [-0.3, -0.25) is 4.90 Å². The molecule has 0 saturated carbocycles. The maximum Gasteiger partial charge on any atom is 0.0604 e. The molecule has 0 aromatic heterocycles. The first-order valence-corrected chi connectivity index (χ1v) is 4.19. The van der Waals surface area contributed by atoms with Crippen molar-refractivity contribution < 1.29 is 0 Å². The molecule has 1 unspecified atom stereocenters. The zero-order valence-electron chi connectivity index (χ0n) is 7.35. The van der Waals surface area contributed by atoms with E-state index in [2.05, 4.69) is 29.0 Å². The molecule has 0 aromatic carbocycles. The fourth-order valence-corrected chi connectivity index (χ4v) is 1.30. The minimum Gasteiger partial charge on any atom is -0.314 e. The number of nitrogens with zero attached hydrogens (tertiary/aromatic N) is 1. The van der Waals surface area contributed by atoms with Crippen molar-refractivity contribution in [3.05, 3.63) is 0 Å².